The molecule has 3 rings (SSSR count). The Morgan fingerprint density at radius 2 is 1.94 bits per heavy atom. The molecule has 3 atom stereocenters. The van der Waals surface area contributed by atoms with Crippen LogP contribution in [-0.4, -0.2) is 55.8 Å². The monoisotopic (exact) mass is 479 g/mol. The molecule has 1 saturated heterocycles. The number of carbonyl (C=O) groups excluding carboxylic acids is 3. The molecule has 1 amide bonds. The van der Waals surface area contributed by atoms with Crippen molar-refractivity contribution in [2.45, 2.75) is 37.9 Å². The normalized spacial score (nSPS) is 18.9. The maximum absolute atomic E-state index is 12.9. The third kappa shape index (κ3) is 7.21. The van der Waals surface area contributed by atoms with Gasteiger partial charge in [-0.3, -0.25) is 10.2 Å². The summed E-state index contributed by atoms with van der Waals surface area (Å²) in [6.07, 6.45) is 2.12. The van der Waals surface area contributed by atoms with Gasteiger partial charge in [0, 0.05) is 18.7 Å². The number of hydrogen-bond donors (Lipinski definition) is 5. The number of aldehydes is 1. The fraction of sp³-hybridized carbons (Fsp3) is 0.385. The summed E-state index contributed by atoms with van der Waals surface area (Å²) in [5.74, 6) is -0.336. The maximum Gasteiger partial charge on any atom is 0.337 e. The van der Waals surface area contributed by atoms with E-state index in [0.717, 1.165) is 23.8 Å². The zero-order valence-electron chi connectivity index (χ0n) is 20.1. The van der Waals surface area contributed by atoms with E-state index >= 15 is 0 Å². The summed E-state index contributed by atoms with van der Waals surface area (Å²) in [5.41, 5.74) is 7.57. The Morgan fingerprint density at radius 3 is 2.60 bits per heavy atom. The average Bonchev–Trinajstić information content (AvgIpc) is 3.32. The van der Waals surface area contributed by atoms with Crippen LogP contribution in [0.1, 0.15) is 40.4 Å². The lowest BCUT2D eigenvalue weighted by molar-refractivity contribution is -0.127. The van der Waals surface area contributed by atoms with Crippen LogP contribution in [-0.2, 0) is 27.3 Å². The molecular weight excluding hydrogens is 446 g/mol. The van der Waals surface area contributed by atoms with Gasteiger partial charge in [0.25, 0.3) is 0 Å². The lowest BCUT2D eigenvalue weighted by atomic mass is 9.95. The molecule has 1 aliphatic rings. The molecule has 1 heterocycles. The SMILES string of the molecule is COC(=O)c1cccc(C[C@@H]2CN[C@@H](C(=O)N[C@@](C)(C=O)CNCc3ccc(C(=N)N)cc3)C2)c1. The fourth-order valence-electron chi connectivity index (χ4n) is 4.19. The van der Waals surface area contributed by atoms with E-state index in [4.69, 9.17) is 15.9 Å². The molecule has 9 heteroatoms. The molecule has 35 heavy (non-hydrogen) atoms. The van der Waals surface area contributed by atoms with Crippen LogP contribution >= 0.6 is 0 Å². The molecule has 0 bridgehead atoms. The Hall–Kier alpha value is -3.56. The Balaban J connectivity index is 1.49. The number of nitrogen functional groups attached to an aromatic ring is 1. The summed E-state index contributed by atoms with van der Waals surface area (Å²) < 4.78 is 4.78. The number of rotatable bonds is 11. The van der Waals surface area contributed by atoms with Gasteiger partial charge in [0.05, 0.1) is 18.7 Å². The Morgan fingerprint density at radius 1 is 1.20 bits per heavy atom. The fourth-order valence-corrected chi connectivity index (χ4v) is 4.19. The number of methoxy groups -OCH3 is 1. The van der Waals surface area contributed by atoms with Crippen LogP contribution in [0.3, 0.4) is 0 Å². The van der Waals surface area contributed by atoms with Crippen molar-refractivity contribution in [3.8, 4) is 0 Å². The highest BCUT2D eigenvalue weighted by atomic mass is 16.5. The van der Waals surface area contributed by atoms with Gasteiger partial charge >= 0.3 is 5.97 Å². The minimum Gasteiger partial charge on any atom is -0.465 e. The number of amides is 1. The number of benzene rings is 2. The van der Waals surface area contributed by atoms with E-state index in [0.29, 0.717) is 30.6 Å². The molecule has 0 radical (unpaired) electrons. The highest BCUT2D eigenvalue weighted by molar-refractivity contribution is 5.94. The Labute approximate surface area is 205 Å². The third-order valence-electron chi connectivity index (χ3n) is 6.17. The topological polar surface area (TPSA) is 146 Å². The van der Waals surface area contributed by atoms with Crippen LogP contribution in [0.4, 0.5) is 0 Å². The number of ether oxygens (including phenoxy) is 1. The summed E-state index contributed by atoms with van der Waals surface area (Å²) >= 11 is 0. The smallest absolute Gasteiger partial charge is 0.337 e. The number of nitrogens with two attached hydrogens (primary N) is 1. The van der Waals surface area contributed by atoms with E-state index < -0.39 is 5.54 Å². The van der Waals surface area contributed by atoms with Gasteiger partial charge in [0.1, 0.15) is 17.7 Å². The molecule has 6 N–H and O–H groups in total. The lowest BCUT2D eigenvalue weighted by Gasteiger charge is -2.27. The predicted octanol–water partition coefficient (Wildman–Crippen LogP) is 1.14. The molecule has 186 valence electrons. The minimum absolute atomic E-state index is 0.0122. The molecule has 0 aromatic heterocycles. The first-order valence-electron chi connectivity index (χ1n) is 11.6. The molecule has 0 spiro atoms. The summed E-state index contributed by atoms with van der Waals surface area (Å²) in [5, 5.41) is 16.8. The van der Waals surface area contributed by atoms with E-state index in [-0.39, 0.29) is 36.2 Å². The van der Waals surface area contributed by atoms with Gasteiger partial charge in [-0.05, 0) is 55.5 Å². The molecular formula is C26H33N5O4. The van der Waals surface area contributed by atoms with E-state index in [1.54, 1.807) is 25.1 Å². The zero-order chi connectivity index (χ0) is 25.4. The first-order chi connectivity index (χ1) is 16.7. The molecule has 0 unspecified atom stereocenters. The van der Waals surface area contributed by atoms with Gasteiger partial charge in [-0.25, -0.2) is 4.79 Å². The number of hydrogen-bond acceptors (Lipinski definition) is 7. The third-order valence-corrected chi connectivity index (χ3v) is 6.17. The quantitative estimate of drug-likeness (QED) is 0.141. The maximum atomic E-state index is 12.9. The predicted molar refractivity (Wildman–Crippen MR) is 133 cm³/mol. The van der Waals surface area contributed by atoms with Gasteiger partial charge in [-0.15, -0.1) is 0 Å². The minimum atomic E-state index is -1.05. The summed E-state index contributed by atoms with van der Waals surface area (Å²) in [7, 11) is 1.36. The van der Waals surface area contributed by atoms with Crippen molar-refractivity contribution in [1.29, 1.82) is 5.41 Å². The van der Waals surface area contributed by atoms with Crippen LogP contribution in [0.15, 0.2) is 48.5 Å². The van der Waals surface area contributed by atoms with E-state index in [9.17, 15) is 14.4 Å². The van der Waals surface area contributed by atoms with Gasteiger partial charge < -0.3 is 31.2 Å². The summed E-state index contributed by atoms with van der Waals surface area (Å²) in [6.45, 7) is 3.14. The second-order valence-electron chi connectivity index (χ2n) is 9.20. The summed E-state index contributed by atoms with van der Waals surface area (Å²) in [4.78, 5) is 36.5. The zero-order valence-corrected chi connectivity index (χ0v) is 20.1. The molecule has 2 aromatic rings. The first kappa shape index (κ1) is 26.1. The number of carbonyl (C=O) groups is 3. The molecule has 0 aliphatic carbocycles. The van der Waals surface area contributed by atoms with Crippen molar-refractivity contribution >= 4 is 24.0 Å². The molecule has 1 fully saturated rings. The second kappa shape index (κ2) is 11.7. The Bertz CT molecular complexity index is 1070. The Kier molecular flexibility index (Phi) is 8.73. The van der Waals surface area contributed by atoms with Crippen molar-refractivity contribution in [1.82, 2.24) is 16.0 Å². The second-order valence-corrected chi connectivity index (χ2v) is 9.20. The summed E-state index contributed by atoms with van der Waals surface area (Å²) in [6, 6.07) is 14.2. The molecule has 2 aromatic carbocycles. The van der Waals surface area contributed by atoms with Crippen LogP contribution in [0.2, 0.25) is 0 Å². The van der Waals surface area contributed by atoms with E-state index in [1.807, 2.05) is 30.3 Å². The standard InChI is InChI=1S/C26H33N5O4/c1-26(16-32,15-29-13-17-6-8-20(9-7-17)23(27)28)31-24(33)22-12-19(14-30-22)10-18-4-3-5-21(11-18)25(34)35-2/h3-9,11,16,19,22,29-30H,10,12-15H2,1-2H3,(H3,27,28)(H,31,33)/t19-,22+,26+/m0/s1. The highest BCUT2D eigenvalue weighted by Crippen LogP contribution is 2.21. The van der Waals surface area contributed by atoms with Crippen molar-refractivity contribution in [3.05, 3.63) is 70.8 Å². The van der Waals surface area contributed by atoms with Crippen LogP contribution in [0, 0.1) is 11.3 Å². The van der Waals surface area contributed by atoms with Crippen molar-refractivity contribution in [2.75, 3.05) is 20.2 Å². The van der Waals surface area contributed by atoms with E-state index in [1.165, 1.54) is 7.11 Å². The first-order valence-corrected chi connectivity index (χ1v) is 11.6. The lowest BCUT2D eigenvalue weighted by Crippen LogP contribution is -2.57. The van der Waals surface area contributed by atoms with Gasteiger partial charge in [-0.1, -0.05) is 36.4 Å². The number of amidine groups is 1. The van der Waals surface area contributed by atoms with Crippen LogP contribution in [0.25, 0.3) is 0 Å². The number of nitrogens with one attached hydrogen (secondary N) is 4. The van der Waals surface area contributed by atoms with Crippen LogP contribution < -0.4 is 21.7 Å². The molecule has 1 aliphatic heterocycles. The number of esters is 1. The average molecular weight is 480 g/mol. The highest BCUT2D eigenvalue weighted by Gasteiger charge is 2.34. The largest absolute Gasteiger partial charge is 0.465 e. The van der Waals surface area contributed by atoms with Crippen molar-refractivity contribution < 1.29 is 19.1 Å². The van der Waals surface area contributed by atoms with Crippen molar-refractivity contribution in [3.63, 3.8) is 0 Å². The van der Waals surface area contributed by atoms with E-state index in [2.05, 4.69) is 16.0 Å². The van der Waals surface area contributed by atoms with Gasteiger partial charge in [0.15, 0.2) is 0 Å². The van der Waals surface area contributed by atoms with Gasteiger partial charge in [0.2, 0.25) is 5.91 Å². The van der Waals surface area contributed by atoms with Gasteiger partial charge in [-0.2, -0.15) is 0 Å². The molecule has 0 saturated carbocycles. The molecule has 9 nitrogen and oxygen atoms in total. The van der Waals surface area contributed by atoms with Crippen LogP contribution in [0.5, 0.6) is 0 Å². The van der Waals surface area contributed by atoms with Crippen molar-refractivity contribution in [2.24, 2.45) is 11.7 Å².